The minimum absolute atomic E-state index is 0.774. The summed E-state index contributed by atoms with van der Waals surface area (Å²) in [6.07, 6.45) is 0. The van der Waals surface area contributed by atoms with Gasteiger partial charge in [-0.3, -0.25) is 0 Å². The maximum atomic E-state index is 5.09. The monoisotopic (exact) mass is 795 g/mol. The molecule has 2 heterocycles. The molecule has 0 fully saturated rings. The van der Waals surface area contributed by atoms with E-state index in [4.69, 9.17) is 10.2 Å². The minimum atomic E-state index is 0.774. The molecule has 0 spiro atoms. The lowest BCUT2D eigenvalue weighted by Crippen LogP contribution is -2.03. The minimum Gasteiger partial charge on any atom is -0.135 e. The zero-order valence-corrected chi connectivity index (χ0v) is 33.9. The van der Waals surface area contributed by atoms with E-state index in [1.54, 1.807) is 0 Å². The van der Waals surface area contributed by atoms with Gasteiger partial charge in [0, 0.05) is 42.4 Å². The van der Waals surface area contributed by atoms with Crippen molar-refractivity contribution in [3.8, 4) is 89.3 Å². The fourth-order valence-electron chi connectivity index (χ4n) is 8.91. The highest BCUT2D eigenvalue weighted by Gasteiger charge is 2.28. The molecular weight excluding hydrogens is 759 g/mol. The molecule has 0 aliphatic heterocycles. The van der Waals surface area contributed by atoms with E-state index in [1.165, 1.54) is 42.4 Å². The fourth-order valence-corrected chi connectivity index (χ4v) is 10.1. The number of aromatic nitrogens is 3. The first-order valence-electron chi connectivity index (χ1n) is 20.5. The van der Waals surface area contributed by atoms with E-state index >= 15 is 0 Å². The van der Waals surface area contributed by atoms with E-state index in [1.807, 2.05) is 17.4 Å². The van der Waals surface area contributed by atoms with Crippen molar-refractivity contribution >= 4 is 31.5 Å². The Morgan fingerprint density at radius 3 is 1.41 bits per heavy atom. The molecule has 286 valence electrons. The molecule has 0 atom stereocenters. The molecule has 0 bridgehead atoms. The normalized spacial score (nSPS) is 11.3. The van der Waals surface area contributed by atoms with Crippen LogP contribution in [0.5, 0.6) is 0 Å². The Hall–Kier alpha value is -7.79. The Morgan fingerprint density at radius 1 is 0.279 bits per heavy atom. The van der Waals surface area contributed by atoms with Gasteiger partial charge in [-0.1, -0.05) is 212 Å². The van der Waals surface area contributed by atoms with Crippen molar-refractivity contribution in [2.75, 3.05) is 0 Å². The van der Waals surface area contributed by atoms with Gasteiger partial charge in [0.1, 0.15) is 11.4 Å². The first kappa shape index (κ1) is 36.3. The van der Waals surface area contributed by atoms with Crippen LogP contribution in [-0.4, -0.2) is 15.4 Å². The third kappa shape index (κ3) is 6.51. The fraction of sp³-hybridized carbons (Fsp3) is 0. The quantitative estimate of drug-likeness (QED) is 0.154. The van der Waals surface area contributed by atoms with Crippen molar-refractivity contribution in [3.05, 3.63) is 224 Å². The van der Waals surface area contributed by atoms with Crippen LogP contribution in [0.1, 0.15) is 0 Å². The lowest BCUT2D eigenvalue weighted by molar-refractivity contribution is 0.879. The van der Waals surface area contributed by atoms with Gasteiger partial charge in [0.05, 0.1) is 0 Å². The summed E-state index contributed by atoms with van der Waals surface area (Å²) in [4.78, 5) is 0. The summed E-state index contributed by atoms with van der Waals surface area (Å²) in [6, 6.07) is 80.0. The first-order valence-corrected chi connectivity index (χ1v) is 21.4. The van der Waals surface area contributed by atoms with Crippen LogP contribution in [0.25, 0.3) is 109 Å². The standard InChI is InChI=1S/C57H37N3S/c1-6-21-38(22-7-1)43-31-16-17-32-45(43)48-37-50-54(46-33-18-19-36-49(46)61-50)55(51(48)40-25-10-3-11-26-40)47-35-20-34-44(39-23-8-2-9-24-39)53(47)57-52(41-27-12-4-13-28-41)56(58-60-59-57)42-29-14-5-15-30-42/h1-37H. The predicted molar refractivity (Wildman–Crippen MR) is 256 cm³/mol. The average molecular weight is 796 g/mol. The topological polar surface area (TPSA) is 38.7 Å². The number of nitrogens with zero attached hydrogens (tertiary/aromatic N) is 3. The molecular formula is C57H37N3S. The highest BCUT2D eigenvalue weighted by atomic mass is 32.1. The molecule has 0 aliphatic carbocycles. The number of thiophene rings is 1. The van der Waals surface area contributed by atoms with Crippen LogP contribution in [0.15, 0.2) is 224 Å². The maximum absolute atomic E-state index is 5.09. The van der Waals surface area contributed by atoms with Gasteiger partial charge < -0.3 is 0 Å². The molecule has 9 aromatic carbocycles. The second kappa shape index (κ2) is 15.8. The summed E-state index contributed by atoms with van der Waals surface area (Å²) in [5.74, 6) is 0. The van der Waals surface area contributed by atoms with Crippen LogP contribution >= 0.6 is 11.3 Å². The van der Waals surface area contributed by atoms with Gasteiger partial charge >= 0.3 is 0 Å². The first-order chi connectivity index (χ1) is 30.3. The van der Waals surface area contributed by atoms with Gasteiger partial charge in [0.25, 0.3) is 0 Å². The molecule has 0 aliphatic rings. The van der Waals surface area contributed by atoms with E-state index in [-0.39, 0.29) is 0 Å². The molecule has 0 radical (unpaired) electrons. The summed E-state index contributed by atoms with van der Waals surface area (Å²) >= 11 is 1.85. The number of rotatable bonds is 8. The van der Waals surface area contributed by atoms with Crippen LogP contribution < -0.4 is 0 Å². The van der Waals surface area contributed by atoms with Crippen molar-refractivity contribution in [1.29, 1.82) is 0 Å². The van der Waals surface area contributed by atoms with E-state index in [9.17, 15) is 0 Å². The van der Waals surface area contributed by atoms with Crippen molar-refractivity contribution < 1.29 is 0 Å². The Labute approximate surface area is 358 Å². The summed E-state index contributed by atoms with van der Waals surface area (Å²) in [7, 11) is 0. The highest BCUT2D eigenvalue weighted by Crippen LogP contribution is 2.54. The zero-order valence-electron chi connectivity index (χ0n) is 33.1. The summed E-state index contributed by atoms with van der Waals surface area (Å²) in [6.45, 7) is 0. The second-order valence-electron chi connectivity index (χ2n) is 15.1. The second-order valence-corrected chi connectivity index (χ2v) is 16.2. The van der Waals surface area contributed by atoms with Crippen LogP contribution in [0.2, 0.25) is 0 Å². The third-order valence-corrected chi connectivity index (χ3v) is 12.7. The van der Waals surface area contributed by atoms with Crippen LogP contribution in [0.3, 0.4) is 0 Å². The van der Waals surface area contributed by atoms with Crippen LogP contribution in [0, 0.1) is 0 Å². The summed E-state index contributed by atoms with van der Waals surface area (Å²) in [5.41, 5.74) is 16.9. The van der Waals surface area contributed by atoms with Gasteiger partial charge in [0.2, 0.25) is 0 Å². The van der Waals surface area contributed by atoms with E-state index < -0.39 is 0 Å². The number of fused-ring (bicyclic) bond motifs is 3. The molecule has 11 aromatic rings. The Bertz CT molecular complexity index is 3330. The smallest absolute Gasteiger partial charge is 0.106 e. The van der Waals surface area contributed by atoms with Crippen LogP contribution in [0.4, 0.5) is 0 Å². The van der Waals surface area contributed by atoms with Gasteiger partial charge in [-0.2, -0.15) is 0 Å². The number of hydrogen-bond donors (Lipinski definition) is 0. The highest BCUT2D eigenvalue weighted by molar-refractivity contribution is 7.26. The molecule has 2 aromatic heterocycles. The van der Waals surface area contributed by atoms with Gasteiger partial charge in [0.15, 0.2) is 0 Å². The molecule has 0 saturated heterocycles. The third-order valence-electron chi connectivity index (χ3n) is 11.6. The van der Waals surface area contributed by atoms with Crippen molar-refractivity contribution in [1.82, 2.24) is 15.4 Å². The molecule has 3 nitrogen and oxygen atoms in total. The molecule has 0 amide bonds. The van der Waals surface area contributed by atoms with Gasteiger partial charge in [-0.25, -0.2) is 0 Å². The van der Waals surface area contributed by atoms with Crippen molar-refractivity contribution in [2.24, 2.45) is 0 Å². The Kier molecular flexibility index (Phi) is 9.38. The van der Waals surface area contributed by atoms with Crippen LogP contribution in [-0.2, 0) is 0 Å². The summed E-state index contributed by atoms with van der Waals surface area (Å²) in [5, 5.41) is 16.9. The maximum Gasteiger partial charge on any atom is 0.106 e. The van der Waals surface area contributed by atoms with Crippen molar-refractivity contribution in [2.45, 2.75) is 0 Å². The molecule has 11 rings (SSSR count). The lowest BCUT2D eigenvalue weighted by atomic mass is 9.79. The summed E-state index contributed by atoms with van der Waals surface area (Å²) < 4.78 is 2.46. The molecule has 0 unspecified atom stereocenters. The largest absolute Gasteiger partial charge is 0.135 e. The zero-order chi connectivity index (χ0) is 40.5. The van der Waals surface area contributed by atoms with E-state index in [0.29, 0.717) is 0 Å². The van der Waals surface area contributed by atoms with Gasteiger partial charge in [-0.05, 0) is 73.0 Å². The van der Waals surface area contributed by atoms with E-state index in [0.717, 1.165) is 67.0 Å². The van der Waals surface area contributed by atoms with Gasteiger partial charge in [-0.15, -0.1) is 21.5 Å². The molecule has 61 heavy (non-hydrogen) atoms. The predicted octanol–water partition coefficient (Wildman–Crippen LogP) is 15.6. The average Bonchev–Trinajstić information content (AvgIpc) is 3.73. The Balaban J connectivity index is 1.35. The number of benzene rings is 9. The van der Waals surface area contributed by atoms with Crippen molar-refractivity contribution in [3.63, 3.8) is 0 Å². The molecule has 4 heteroatoms. The Morgan fingerprint density at radius 2 is 0.754 bits per heavy atom. The SMILES string of the molecule is c1ccc(-c2ccccc2-c2cc3sc4ccccc4c3c(-c3cccc(-c4ccccc4)c3-c3nnnc(-c4ccccc4)c3-c3ccccc3)c2-c2ccccc2)cc1. The molecule has 0 saturated carbocycles. The molecule has 0 N–H and O–H groups in total. The van der Waals surface area contributed by atoms with E-state index in [2.05, 4.69) is 224 Å². The number of hydrogen-bond acceptors (Lipinski definition) is 4. The lowest BCUT2D eigenvalue weighted by Gasteiger charge is -2.24.